The lowest BCUT2D eigenvalue weighted by atomic mass is 9.88. The number of benzene rings is 1. The highest BCUT2D eigenvalue weighted by Crippen LogP contribution is 2.34. The molecular weight excluding hydrogens is 238 g/mol. The van der Waals surface area contributed by atoms with Gasteiger partial charge in [-0.2, -0.15) is 0 Å². The summed E-state index contributed by atoms with van der Waals surface area (Å²) >= 11 is 0. The lowest BCUT2D eigenvalue weighted by molar-refractivity contribution is -0.154. The standard InChI is InChI=1S/C16H21NO2/c1-11-6-2-5-9-15(11)19-16(18)13-10-17-14-8-4-3-7-12(13)14/h3-4,7-8,11,13,15,17H,2,5-6,9-10H2,1H3. The number of para-hydroxylation sites is 1. The topological polar surface area (TPSA) is 38.3 Å². The predicted octanol–water partition coefficient (Wildman–Crippen LogP) is 3.32. The van der Waals surface area contributed by atoms with Crippen molar-refractivity contribution in [1.82, 2.24) is 0 Å². The fourth-order valence-corrected chi connectivity index (χ4v) is 3.18. The number of rotatable bonds is 2. The van der Waals surface area contributed by atoms with Crippen LogP contribution in [0.4, 0.5) is 5.69 Å². The second kappa shape index (κ2) is 5.24. The van der Waals surface area contributed by atoms with Crippen molar-refractivity contribution in [2.45, 2.75) is 44.6 Å². The molecular formula is C16H21NO2. The van der Waals surface area contributed by atoms with E-state index in [1.54, 1.807) is 0 Å². The number of anilines is 1. The Bertz CT molecular complexity index is 472. The minimum Gasteiger partial charge on any atom is -0.462 e. The average Bonchev–Trinajstić information content (AvgIpc) is 2.85. The van der Waals surface area contributed by atoms with Gasteiger partial charge in [-0.05, 0) is 36.8 Å². The summed E-state index contributed by atoms with van der Waals surface area (Å²) in [6.45, 7) is 2.86. The molecule has 3 heteroatoms. The van der Waals surface area contributed by atoms with Crippen LogP contribution in [0.3, 0.4) is 0 Å². The Balaban J connectivity index is 1.68. The van der Waals surface area contributed by atoms with Crippen molar-refractivity contribution < 1.29 is 9.53 Å². The normalized spacial score (nSPS) is 29.4. The van der Waals surface area contributed by atoms with Crippen LogP contribution in [0, 0.1) is 5.92 Å². The molecule has 0 spiro atoms. The number of nitrogens with one attached hydrogen (secondary N) is 1. The van der Waals surface area contributed by atoms with Gasteiger partial charge in [0.05, 0.1) is 0 Å². The minimum absolute atomic E-state index is 0.0591. The van der Waals surface area contributed by atoms with E-state index in [9.17, 15) is 4.79 Å². The van der Waals surface area contributed by atoms with Crippen LogP contribution in [-0.4, -0.2) is 18.6 Å². The van der Waals surface area contributed by atoms with Crippen LogP contribution in [-0.2, 0) is 9.53 Å². The van der Waals surface area contributed by atoms with Crippen molar-refractivity contribution in [3.63, 3.8) is 0 Å². The fraction of sp³-hybridized carbons (Fsp3) is 0.562. The molecule has 1 fully saturated rings. The summed E-state index contributed by atoms with van der Waals surface area (Å²) in [6.07, 6.45) is 4.77. The number of hydrogen-bond acceptors (Lipinski definition) is 3. The van der Waals surface area contributed by atoms with Crippen LogP contribution in [0.2, 0.25) is 0 Å². The van der Waals surface area contributed by atoms with Crippen molar-refractivity contribution in [3.8, 4) is 0 Å². The highest BCUT2D eigenvalue weighted by molar-refractivity contribution is 5.84. The smallest absolute Gasteiger partial charge is 0.315 e. The van der Waals surface area contributed by atoms with E-state index in [4.69, 9.17) is 4.74 Å². The molecule has 1 N–H and O–H groups in total. The molecule has 3 atom stereocenters. The Kier molecular flexibility index (Phi) is 3.45. The molecule has 0 aromatic heterocycles. The molecule has 2 aliphatic rings. The molecule has 3 rings (SSSR count). The van der Waals surface area contributed by atoms with Crippen molar-refractivity contribution in [2.75, 3.05) is 11.9 Å². The van der Waals surface area contributed by atoms with Crippen molar-refractivity contribution in [2.24, 2.45) is 5.92 Å². The summed E-state index contributed by atoms with van der Waals surface area (Å²) in [4.78, 5) is 12.4. The van der Waals surface area contributed by atoms with Gasteiger partial charge in [0.2, 0.25) is 0 Å². The van der Waals surface area contributed by atoms with Crippen LogP contribution in [0.1, 0.15) is 44.1 Å². The Hall–Kier alpha value is -1.51. The van der Waals surface area contributed by atoms with Crippen LogP contribution < -0.4 is 5.32 Å². The zero-order valence-corrected chi connectivity index (χ0v) is 11.4. The van der Waals surface area contributed by atoms with Gasteiger partial charge >= 0.3 is 5.97 Å². The maximum Gasteiger partial charge on any atom is 0.315 e. The first-order chi connectivity index (χ1) is 9.25. The number of hydrogen-bond donors (Lipinski definition) is 1. The largest absolute Gasteiger partial charge is 0.462 e. The minimum atomic E-state index is -0.134. The van der Waals surface area contributed by atoms with Gasteiger partial charge in [-0.25, -0.2) is 0 Å². The predicted molar refractivity (Wildman–Crippen MR) is 75.2 cm³/mol. The fourth-order valence-electron chi connectivity index (χ4n) is 3.18. The molecule has 0 bridgehead atoms. The summed E-state index contributed by atoms with van der Waals surface area (Å²) < 4.78 is 5.77. The van der Waals surface area contributed by atoms with Crippen LogP contribution >= 0.6 is 0 Å². The van der Waals surface area contributed by atoms with Crippen LogP contribution in [0.25, 0.3) is 0 Å². The Morgan fingerprint density at radius 3 is 2.89 bits per heavy atom. The first-order valence-electron chi connectivity index (χ1n) is 7.29. The second-order valence-electron chi connectivity index (χ2n) is 5.76. The molecule has 0 radical (unpaired) electrons. The molecule has 3 unspecified atom stereocenters. The summed E-state index contributed by atoms with van der Waals surface area (Å²) in [6, 6.07) is 8.01. The Labute approximate surface area is 114 Å². The zero-order chi connectivity index (χ0) is 13.2. The third-order valence-electron chi connectivity index (χ3n) is 4.42. The molecule has 1 saturated carbocycles. The molecule has 1 aliphatic carbocycles. The third kappa shape index (κ3) is 2.46. The molecule has 1 aromatic rings. The van der Waals surface area contributed by atoms with E-state index in [1.807, 2.05) is 24.3 Å². The second-order valence-corrected chi connectivity index (χ2v) is 5.76. The highest BCUT2D eigenvalue weighted by atomic mass is 16.5. The summed E-state index contributed by atoms with van der Waals surface area (Å²) in [7, 11) is 0. The van der Waals surface area contributed by atoms with Crippen molar-refractivity contribution >= 4 is 11.7 Å². The van der Waals surface area contributed by atoms with Gasteiger partial charge in [0.1, 0.15) is 12.0 Å². The molecule has 1 heterocycles. The van der Waals surface area contributed by atoms with Crippen molar-refractivity contribution in [1.29, 1.82) is 0 Å². The molecule has 1 aromatic carbocycles. The average molecular weight is 259 g/mol. The lowest BCUT2D eigenvalue weighted by Gasteiger charge is -2.29. The van der Waals surface area contributed by atoms with E-state index in [1.165, 1.54) is 19.3 Å². The van der Waals surface area contributed by atoms with Gasteiger partial charge in [0, 0.05) is 12.2 Å². The highest BCUT2D eigenvalue weighted by Gasteiger charge is 2.33. The van der Waals surface area contributed by atoms with Gasteiger partial charge in [0.25, 0.3) is 0 Å². The van der Waals surface area contributed by atoms with Crippen LogP contribution in [0.15, 0.2) is 24.3 Å². The molecule has 102 valence electrons. The summed E-state index contributed by atoms with van der Waals surface area (Å²) in [5.41, 5.74) is 2.15. The van der Waals surface area contributed by atoms with Gasteiger partial charge < -0.3 is 10.1 Å². The van der Waals surface area contributed by atoms with E-state index in [-0.39, 0.29) is 18.0 Å². The number of carbonyl (C=O) groups is 1. The Morgan fingerprint density at radius 2 is 2.05 bits per heavy atom. The van der Waals surface area contributed by atoms with E-state index in [0.717, 1.165) is 17.7 Å². The maximum absolute atomic E-state index is 12.4. The zero-order valence-electron chi connectivity index (χ0n) is 11.4. The van der Waals surface area contributed by atoms with Gasteiger partial charge in [-0.15, -0.1) is 0 Å². The van der Waals surface area contributed by atoms with E-state index in [2.05, 4.69) is 12.2 Å². The van der Waals surface area contributed by atoms with E-state index >= 15 is 0 Å². The first kappa shape index (κ1) is 12.5. The van der Waals surface area contributed by atoms with Crippen molar-refractivity contribution in [3.05, 3.63) is 29.8 Å². The molecule has 0 saturated heterocycles. The van der Waals surface area contributed by atoms with Gasteiger partial charge in [0.15, 0.2) is 0 Å². The van der Waals surface area contributed by atoms with Gasteiger partial charge in [-0.1, -0.05) is 31.5 Å². The maximum atomic E-state index is 12.4. The monoisotopic (exact) mass is 259 g/mol. The van der Waals surface area contributed by atoms with Crippen LogP contribution in [0.5, 0.6) is 0 Å². The number of fused-ring (bicyclic) bond motifs is 1. The van der Waals surface area contributed by atoms with E-state index in [0.29, 0.717) is 12.5 Å². The SMILES string of the molecule is CC1CCCCC1OC(=O)C1CNc2ccccc21. The number of esters is 1. The third-order valence-corrected chi connectivity index (χ3v) is 4.42. The molecule has 19 heavy (non-hydrogen) atoms. The van der Waals surface area contributed by atoms with Gasteiger partial charge in [-0.3, -0.25) is 4.79 Å². The molecule has 0 amide bonds. The Morgan fingerprint density at radius 1 is 1.26 bits per heavy atom. The summed E-state index contributed by atoms with van der Waals surface area (Å²) in [5.74, 6) is 0.309. The summed E-state index contributed by atoms with van der Waals surface area (Å²) in [5, 5.41) is 3.28. The molecule has 1 aliphatic heterocycles. The lowest BCUT2D eigenvalue weighted by Crippen LogP contribution is -2.31. The number of ether oxygens (including phenoxy) is 1. The number of carbonyl (C=O) groups excluding carboxylic acids is 1. The molecule has 3 nitrogen and oxygen atoms in total. The van der Waals surface area contributed by atoms with E-state index < -0.39 is 0 Å². The first-order valence-corrected chi connectivity index (χ1v) is 7.29. The quantitative estimate of drug-likeness (QED) is 0.828.